The van der Waals surface area contributed by atoms with E-state index in [1.54, 1.807) is 30.3 Å². The lowest BCUT2D eigenvalue weighted by Gasteiger charge is -2.37. The van der Waals surface area contributed by atoms with Gasteiger partial charge in [-0.05, 0) is 42.5 Å². The molecule has 1 aromatic heterocycles. The van der Waals surface area contributed by atoms with Crippen LogP contribution in [-0.4, -0.2) is 42.9 Å². The molecule has 1 saturated heterocycles. The Balaban J connectivity index is 1.44. The minimum absolute atomic E-state index is 0.146. The lowest BCUT2D eigenvalue weighted by Crippen LogP contribution is -2.48. The first-order chi connectivity index (χ1) is 16.5. The minimum atomic E-state index is -0.306. The van der Waals surface area contributed by atoms with Crippen LogP contribution >= 0.6 is 23.2 Å². The average molecular weight is 498 g/mol. The van der Waals surface area contributed by atoms with Crippen LogP contribution in [0, 0.1) is 0 Å². The number of amides is 2. The fraction of sp³-hybridized carbons (Fsp3) is 0.231. The molecule has 0 spiro atoms. The van der Waals surface area contributed by atoms with E-state index in [4.69, 9.17) is 27.6 Å². The molecule has 2 amide bonds. The summed E-state index contributed by atoms with van der Waals surface area (Å²) in [7, 11) is 0. The molecule has 8 heteroatoms. The van der Waals surface area contributed by atoms with E-state index in [9.17, 15) is 9.59 Å². The van der Waals surface area contributed by atoms with Crippen molar-refractivity contribution in [3.63, 3.8) is 0 Å². The largest absolute Gasteiger partial charge is 0.457 e. The SMILES string of the molecule is CCC(=O)N1CCN(c2c(Cl)cccc2NC(=O)/C=C/c2ccc(-c3ccccc3Cl)o2)CC1. The van der Waals surface area contributed by atoms with Gasteiger partial charge in [-0.25, -0.2) is 0 Å². The first-order valence-corrected chi connectivity index (χ1v) is 11.9. The molecule has 3 aromatic rings. The highest BCUT2D eigenvalue weighted by molar-refractivity contribution is 6.34. The van der Waals surface area contributed by atoms with Crippen molar-refractivity contribution in [3.05, 3.63) is 76.5 Å². The van der Waals surface area contributed by atoms with Gasteiger partial charge in [0.2, 0.25) is 11.8 Å². The molecule has 0 radical (unpaired) electrons. The van der Waals surface area contributed by atoms with Crippen LogP contribution in [0.15, 0.2) is 65.1 Å². The van der Waals surface area contributed by atoms with Crippen LogP contribution in [0.2, 0.25) is 10.0 Å². The monoisotopic (exact) mass is 497 g/mol. The maximum absolute atomic E-state index is 12.7. The molecule has 176 valence electrons. The number of hydrogen-bond donors (Lipinski definition) is 1. The molecule has 2 heterocycles. The van der Waals surface area contributed by atoms with Gasteiger partial charge in [-0.15, -0.1) is 0 Å². The molecule has 0 saturated carbocycles. The van der Waals surface area contributed by atoms with Crippen molar-refractivity contribution in [2.24, 2.45) is 0 Å². The van der Waals surface area contributed by atoms with E-state index in [2.05, 4.69) is 10.2 Å². The lowest BCUT2D eigenvalue weighted by molar-refractivity contribution is -0.131. The number of anilines is 2. The molecular weight excluding hydrogens is 473 g/mol. The molecule has 1 aliphatic rings. The van der Waals surface area contributed by atoms with Crippen LogP contribution in [0.3, 0.4) is 0 Å². The number of nitrogens with one attached hydrogen (secondary N) is 1. The van der Waals surface area contributed by atoms with Crippen LogP contribution in [0.1, 0.15) is 19.1 Å². The highest BCUT2D eigenvalue weighted by Crippen LogP contribution is 2.35. The van der Waals surface area contributed by atoms with Crippen LogP contribution in [0.5, 0.6) is 0 Å². The zero-order valence-electron chi connectivity index (χ0n) is 18.8. The average Bonchev–Trinajstić information content (AvgIpc) is 3.32. The number of nitrogens with zero attached hydrogens (tertiary/aromatic N) is 2. The van der Waals surface area contributed by atoms with E-state index in [0.29, 0.717) is 59.9 Å². The number of benzene rings is 2. The fourth-order valence-corrected chi connectivity index (χ4v) is 4.44. The number of carbonyl (C=O) groups is 2. The summed E-state index contributed by atoms with van der Waals surface area (Å²) in [6.07, 6.45) is 3.52. The van der Waals surface area contributed by atoms with Gasteiger partial charge in [0.1, 0.15) is 11.5 Å². The van der Waals surface area contributed by atoms with Gasteiger partial charge >= 0.3 is 0 Å². The molecule has 34 heavy (non-hydrogen) atoms. The van der Waals surface area contributed by atoms with E-state index in [-0.39, 0.29) is 11.8 Å². The van der Waals surface area contributed by atoms with Crippen LogP contribution in [-0.2, 0) is 9.59 Å². The maximum atomic E-state index is 12.7. The number of piperazine rings is 1. The predicted octanol–water partition coefficient (Wildman–Crippen LogP) is 5.96. The Morgan fingerprint density at radius 1 is 0.971 bits per heavy atom. The molecule has 6 nitrogen and oxygen atoms in total. The molecule has 0 unspecified atom stereocenters. The molecule has 1 fully saturated rings. The van der Waals surface area contributed by atoms with Gasteiger partial charge in [-0.1, -0.05) is 48.3 Å². The summed E-state index contributed by atoms with van der Waals surface area (Å²) in [6.45, 7) is 4.40. The number of para-hydroxylation sites is 1. The standard InChI is InChI=1S/C26H25Cl2N3O3/c1-2-25(33)30-14-16-31(17-15-30)26-21(28)8-5-9-22(26)29-24(32)13-11-18-10-12-23(34-18)19-6-3-4-7-20(19)27/h3-13H,2,14-17H2,1H3,(H,29,32)/b13-11+. The molecule has 0 atom stereocenters. The van der Waals surface area contributed by atoms with Crippen molar-refractivity contribution >= 4 is 52.5 Å². The Morgan fingerprint density at radius 2 is 1.71 bits per heavy atom. The summed E-state index contributed by atoms with van der Waals surface area (Å²) in [4.78, 5) is 28.6. The minimum Gasteiger partial charge on any atom is -0.457 e. The quantitative estimate of drug-likeness (QED) is 0.426. The Morgan fingerprint density at radius 3 is 2.44 bits per heavy atom. The summed E-state index contributed by atoms with van der Waals surface area (Å²) in [5.41, 5.74) is 2.17. The fourth-order valence-electron chi connectivity index (χ4n) is 3.92. The lowest BCUT2D eigenvalue weighted by atomic mass is 10.2. The first kappa shape index (κ1) is 23.9. The summed E-state index contributed by atoms with van der Waals surface area (Å²) >= 11 is 12.7. The van der Waals surface area contributed by atoms with Crippen molar-refractivity contribution in [2.45, 2.75) is 13.3 Å². The third-order valence-corrected chi connectivity index (χ3v) is 6.30. The Labute approximate surface area is 208 Å². The van der Waals surface area contributed by atoms with E-state index in [0.717, 1.165) is 11.3 Å². The second-order valence-corrected chi connectivity index (χ2v) is 8.68. The van der Waals surface area contributed by atoms with Crippen molar-refractivity contribution in [1.82, 2.24) is 4.90 Å². The molecule has 0 aliphatic carbocycles. The second kappa shape index (κ2) is 10.8. The highest BCUT2D eigenvalue weighted by atomic mass is 35.5. The third-order valence-electron chi connectivity index (χ3n) is 5.66. The van der Waals surface area contributed by atoms with E-state index >= 15 is 0 Å². The smallest absolute Gasteiger partial charge is 0.248 e. The van der Waals surface area contributed by atoms with Gasteiger partial charge in [-0.2, -0.15) is 0 Å². The molecular formula is C26H25Cl2N3O3. The van der Waals surface area contributed by atoms with Gasteiger partial charge in [0.25, 0.3) is 0 Å². The van der Waals surface area contributed by atoms with Crippen molar-refractivity contribution < 1.29 is 14.0 Å². The predicted molar refractivity (Wildman–Crippen MR) is 137 cm³/mol. The molecule has 0 bridgehead atoms. The van der Waals surface area contributed by atoms with Crippen molar-refractivity contribution in [2.75, 3.05) is 36.4 Å². The summed E-state index contributed by atoms with van der Waals surface area (Å²) < 4.78 is 5.81. The van der Waals surface area contributed by atoms with Gasteiger partial charge in [0.05, 0.1) is 21.4 Å². The second-order valence-electron chi connectivity index (χ2n) is 7.86. The summed E-state index contributed by atoms with van der Waals surface area (Å²) in [5.74, 6) is 1.00. The summed E-state index contributed by atoms with van der Waals surface area (Å²) in [5, 5.41) is 4.06. The number of halogens is 2. The van der Waals surface area contributed by atoms with E-state index < -0.39 is 0 Å². The normalized spacial score (nSPS) is 14.0. The highest BCUT2D eigenvalue weighted by Gasteiger charge is 2.23. The topological polar surface area (TPSA) is 65.8 Å². The Hall–Kier alpha value is -3.22. The van der Waals surface area contributed by atoms with Crippen LogP contribution < -0.4 is 10.2 Å². The van der Waals surface area contributed by atoms with Gasteiger partial charge < -0.3 is 19.5 Å². The first-order valence-electron chi connectivity index (χ1n) is 11.1. The number of rotatable bonds is 6. The van der Waals surface area contributed by atoms with Gasteiger partial charge in [-0.3, -0.25) is 9.59 Å². The van der Waals surface area contributed by atoms with Crippen LogP contribution in [0.4, 0.5) is 11.4 Å². The number of furan rings is 1. The molecule has 4 rings (SSSR count). The van der Waals surface area contributed by atoms with Crippen molar-refractivity contribution in [1.29, 1.82) is 0 Å². The van der Waals surface area contributed by atoms with Gasteiger partial charge in [0.15, 0.2) is 0 Å². The van der Waals surface area contributed by atoms with Gasteiger partial charge in [0, 0.05) is 44.2 Å². The van der Waals surface area contributed by atoms with Crippen LogP contribution in [0.25, 0.3) is 17.4 Å². The zero-order chi connectivity index (χ0) is 24.1. The molecule has 1 N–H and O–H groups in total. The van der Waals surface area contributed by atoms with E-state index in [1.165, 1.54) is 6.08 Å². The zero-order valence-corrected chi connectivity index (χ0v) is 20.3. The third kappa shape index (κ3) is 5.46. The number of carbonyl (C=O) groups excluding carboxylic acids is 2. The van der Waals surface area contributed by atoms with E-state index in [1.807, 2.05) is 42.2 Å². The van der Waals surface area contributed by atoms with Crippen molar-refractivity contribution in [3.8, 4) is 11.3 Å². The Bertz CT molecular complexity index is 1210. The molecule has 2 aromatic carbocycles. The maximum Gasteiger partial charge on any atom is 0.248 e. The Kier molecular flexibility index (Phi) is 7.60. The number of hydrogen-bond acceptors (Lipinski definition) is 4. The summed E-state index contributed by atoms with van der Waals surface area (Å²) in [6, 6.07) is 16.4. The molecule has 1 aliphatic heterocycles.